The van der Waals surface area contributed by atoms with Crippen LogP contribution in [0, 0.1) is 5.92 Å². The molecule has 2 atom stereocenters. The molecular formula is C8H16O3. The fourth-order valence-corrected chi connectivity index (χ4v) is 1.34. The van der Waals surface area contributed by atoms with Crippen molar-refractivity contribution in [3.05, 3.63) is 0 Å². The maximum atomic E-state index is 8.65. The summed E-state index contributed by atoms with van der Waals surface area (Å²) in [5.74, 6) is 0.497. The Kier molecular flexibility index (Phi) is 3.83. The van der Waals surface area contributed by atoms with Crippen LogP contribution in [-0.4, -0.2) is 31.2 Å². The van der Waals surface area contributed by atoms with Crippen LogP contribution >= 0.6 is 0 Å². The van der Waals surface area contributed by atoms with Gasteiger partial charge in [0.15, 0.2) is 6.29 Å². The molecule has 0 aromatic carbocycles. The molecule has 0 aliphatic carbocycles. The Morgan fingerprint density at radius 1 is 1.64 bits per heavy atom. The van der Waals surface area contributed by atoms with Gasteiger partial charge < -0.3 is 14.6 Å². The lowest BCUT2D eigenvalue weighted by atomic mass is 10.1. The van der Waals surface area contributed by atoms with Gasteiger partial charge >= 0.3 is 0 Å². The van der Waals surface area contributed by atoms with Crippen molar-refractivity contribution >= 4 is 0 Å². The summed E-state index contributed by atoms with van der Waals surface area (Å²) in [5.41, 5.74) is 0. The summed E-state index contributed by atoms with van der Waals surface area (Å²) in [4.78, 5) is 0. The first-order valence-electron chi connectivity index (χ1n) is 4.21. The second kappa shape index (κ2) is 4.70. The molecule has 1 saturated heterocycles. The van der Waals surface area contributed by atoms with Gasteiger partial charge in [0.2, 0.25) is 0 Å². The van der Waals surface area contributed by atoms with Gasteiger partial charge in [0, 0.05) is 19.6 Å². The lowest BCUT2D eigenvalue weighted by Gasteiger charge is -2.07. The van der Waals surface area contributed by atoms with Crippen LogP contribution < -0.4 is 0 Å². The lowest BCUT2D eigenvalue weighted by Crippen LogP contribution is -2.10. The number of ether oxygens (including phenoxy) is 2. The maximum Gasteiger partial charge on any atom is 0.157 e. The van der Waals surface area contributed by atoms with Crippen molar-refractivity contribution in [2.24, 2.45) is 5.92 Å². The molecule has 1 aliphatic rings. The molecule has 0 amide bonds. The van der Waals surface area contributed by atoms with Crippen LogP contribution in [0.2, 0.25) is 0 Å². The van der Waals surface area contributed by atoms with Crippen molar-refractivity contribution in [2.45, 2.75) is 26.1 Å². The van der Waals surface area contributed by atoms with Gasteiger partial charge in [0.05, 0.1) is 6.61 Å². The van der Waals surface area contributed by atoms with Crippen LogP contribution in [0.4, 0.5) is 0 Å². The van der Waals surface area contributed by atoms with Gasteiger partial charge in [-0.05, 0) is 19.3 Å². The fourth-order valence-electron chi connectivity index (χ4n) is 1.34. The summed E-state index contributed by atoms with van der Waals surface area (Å²) in [5, 5.41) is 8.65. The summed E-state index contributed by atoms with van der Waals surface area (Å²) in [7, 11) is 0. The van der Waals surface area contributed by atoms with Crippen molar-refractivity contribution in [1.29, 1.82) is 0 Å². The van der Waals surface area contributed by atoms with Crippen LogP contribution in [0.3, 0.4) is 0 Å². The van der Waals surface area contributed by atoms with E-state index < -0.39 is 0 Å². The highest BCUT2D eigenvalue weighted by Crippen LogP contribution is 2.22. The summed E-state index contributed by atoms with van der Waals surface area (Å²) in [6.07, 6.45) is 1.76. The van der Waals surface area contributed by atoms with E-state index in [0.717, 1.165) is 19.4 Å². The second-order valence-electron chi connectivity index (χ2n) is 2.83. The van der Waals surface area contributed by atoms with Gasteiger partial charge in [-0.1, -0.05) is 0 Å². The van der Waals surface area contributed by atoms with Crippen molar-refractivity contribution in [3.8, 4) is 0 Å². The Labute approximate surface area is 67.3 Å². The number of hydrogen-bond acceptors (Lipinski definition) is 3. The van der Waals surface area contributed by atoms with Gasteiger partial charge in [-0.25, -0.2) is 0 Å². The summed E-state index contributed by atoms with van der Waals surface area (Å²) in [6.45, 7) is 3.66. The molecule has 11 heavy (non-hydrogen) atoms. The Morgan fingerprint density at radius 3 is 3.09 bits per heavy atom. The molecule has 3 heteroatoms. The summed E-state index contributed by atoms with van der Waals surface area (Å²) < 4.78 is 10.6. The SMILES string of the molecule is CCO[C@@H]1C[C@H](CCO)CO1. The second-order valence-corrected chi connectivity index (χ2v) is 2.83. The maximum absolute atomic E-state index is 8.65. The Morgan fingerprint density at radius 2 is 2.45 bits per heavy atom. The topological polar surface area (TPSA) is 38.7 Å². The monoisotopic (exact) mass is 160 g/mol. The van der Waals surface area contributed by atoms with Gasteiger partial charge in [0.25, 0.3) is 0 Å². The minimum atomic E-state index is -0.0171. The number of rotatable bonds is 4. The van der Waals surface area contributed by atoms with E-state index in [1.807, 2.05) is 6.92 Å². The first kappa shape index (κ1) is 8.97. The molecule has 66 valence electrons. The predicted molar refractivity (Wildman–Crippen MR) is 41.2 cm³/mol. The Bertz CT molecular complexity index is 93.5. The molecule has 1 fully saturated rings. The molecule has 0 aromatic rings. The molecule has 0 bridgehead atoms. The van der Waals surface area contributed by atoms with E-state index in [9.17, 15) is 0 Å². The average Bonchev–Trinajstić information content (AvgIpc) is 2.38. The third-order valence-electron chi connectivity index (χ3n) is 1.93. The van der Waals surface area contributed by atoms with Crippen LogP contribution in [-0.2, 0) is 9.47 Å². The standard InChI is InChI=1S/C8H16O3/c1-2-10-8-5-7(3-4-9)6-11-8/h7-9H,2-6H2,1H3/t7-,8-/m0/s1. The quantitative estimate of drug-likeness (QED) is 0.660. The normalized spacial score (nSPS) is 31.1. The third-order valence-corrected chi connectivity index (χ3v) is 1.93. The lowest BCUT2D eigenvalue weighted by molar-refractivity contribution is -0.106. The third kappa shape index (κ3) is 2.77. The summed E-state index contributed by atoms with van der Waals surface area (Å²) >= 11 is 0. The first-order valence-corrected chi connectivity index (χ1v) is 4.21. The molecule has 1 rings (SSSR count). The minimum absolute atomic E-state index is 0.0171. The molecule has 0 aromatic heterocycles. The zero-order valence-electron chi connectivity index (χ0n) is 6.95. The van der Waals surface area contributed by atoms with Crippen LogP contribution in [0.15, 0.2) is 0 Å². The molecule has 0 unspecified atom stereocenters. The largest absolute Gasteiger partial charge is 0.396 e. The number of aliphatic hydroxyl groups excluding tert-OH is 1. The first-order chi connectivity index (χ1) is 5.36. The average molecular weight is 160 g/mol. The highest BCUT2D eigenvalue weighted by atomic mass is 16.7. The highest BCUT2D eigenvalue weighted by Gasteiger charge is 2.24. The zero-order valence-corrected chi connectivity index (χ0v) is 6.95. The van der Waals surface area contributed by atoms with Gasteiger partial charge in [0.1, 0.15) is 0 Å². The van der Waals surface area contributed by atoms with Crippen molar-refractivity contribution in [2.75, 3.05) is 19.8 Å². The molecule has 3 nitrogen and oxygen atoms in total. The van der Waals surface area contributed by atoms with E-state index in [2.05, 4.69) is 0 Å². The minimum Gasteiger partial charge on any atom is -0.396 e. The van der Waals surface area contributed by atoms with Crippen LogP contribution in [0.1, 0.15) is 19.8 Å². The van der Waals surface area contributed by atoms with E-state index in [1.165, 1.54) is 0 Å². The van der Waals surface area contributed by atoms with E-state index in [-0.39, 0.29) is 12.9 Å². The van der Waals surface area contributed by atoms with E-state index in [4.69, 9.17) is 14.6 Å². The van der Waals surface area contributed by atoms with E-state index in [1.54, 1.807) is 0 Å². The Hall–Kier alpha value is -0.120. The van der Waals surface area contributed by atoms with E-state index >= 15 is 0 Å². The number of aliphatic hydroxyl groups is 1. The molecule has 0 spiro atoms. The van der Waals surface area contributed by atoms with Crippen LogP contribution in [0.5, 0.6) is 0 Å². The molecule has 0 saturated carbocycles. The molecule has 1 heterocycles. The van der Waals surface area contributed by atoms with E-state index in [0.29, 0.717) is 12.5 Å². The fraction of sp³-hybridized carbons (Fsp3) is 1.00. The zero-order chi connectivity index (χ0) is 8.10. The van der Waals surface area contributed by atoms with Gasteiger partial charge in [-0.3, -0.25) is 0 Å². The predicted octanol–water partition coefficient (Wildman–Crippen LogP) is 0.768. The van der Waals surface area contributed by atoms with Crippen molar-refractivity contribution in [3.63, 3.8) is 0 Å². The smallest absolute Gasteiger partial charge is 0.157 e. The summed E-state index contributed by atoms with van der Waals surface area (Å²) in [6, 6.07) is 0. The van der Waals surface area contributed by atoms with Crippen LogP contribution in [0.25, 0.3) is 0 Å². The number of hydrogen-bond donors (Lipinski definition) is 1. The van der Waals surface area contributed by atoms with Gasteiger partial charge in [-0.2, -0.15) is 0 Å². The molecule has 0 radical (unpaired) electrons. The molecule has 1 aliphatic heterocycles. The molecular weight excluding hydrogens is 144 g/mol. The highest BCUT2D eigenvalue weighted by molar-refractivity contribution is 4.67. The van der Waals surface area contributed by atoms with Crippen molar-refractivity contribution in [1.82, 2.24) is 0 Å². The van der Waals surface area contributed by atoms with Crippen molar-refractivity contribution < 1.29 is 14.6 Å². The van der Waals surface area contributed by atoms with Gasteiger partial charge in [-0.15, -0.1) is 0 Å². The Balaban J connectivity index is 2.12. The molecule has 1 N–H and O–H groups in total.